The Labute approximate surface area is 141 Å². The highest BCUT2D eigenvalue weighted by atomic mass is 79.9. The number of nitro groups is 1. The molecule has 0 aromatic heterocycles. The van der Waals surface area contributed by atoms with Gasteiger partial charge >= 0.3 is 0 Å². The topological polar surface area (TPSA) is 76.8 Å². The zero-order chi connectivity index (χ0) is 16.7. The van der Waals surface area contributed by atoms with E-state index in [2.05, 4.69) is 32.4 Å². The Morgan fingerprint density at radius 1 is 1.35 bits per heavy atom. The van der Waals surface area contributed by atoms with Crippen LogP contribution < -0.4 is 10.2 Å². The lowest BCUT2D eigenvalue weighted by atomic mass is 10.2. The summed E-state index contributed by atoms with van der Waals surface area (Å²) in [5.41, 5.74) is 4.33. The molecular formula is C16H12BrN3O3. The van der Waals surface area contributed by atoms with Gasteiger partial charge in [-0.25, -0.2) is 0 Å². The highest BCUT2D eigenvalue weighted by molar-refractivity contribution is 9.10. The van der Waals surface area contributed by atoms with Crippen LogP contribution in [-0.4, -0.2) is 17.7 Å². The zero-order valence-electron chi connectivity index (χ0n) is 11.9. The highest BCUT2D eigenvalue weighted by Gasteiger charge is 2.03. The number of anilines is 1. The Kier molecular flexibility index (Phi) is 5.72. The number of benzene rings is 2. The summed E-state index contributed by atoms with van der Waals surface area (Å²) in [4.78, 5) is 10.1. The number of nitro benzene ring substituents is 1. The molecule has 0 unspecified atom stereocenters. The fourth-order valence-corrected chi connectivity index (χ4v) is 2.18. The summed E-state index contributed by atoms with van der Waals surface area (Å²) in [5.74, 6) is 3.06. The summed E-state index contributed by atoms with van der Waals surface area (Å²) in [6.45, 7) is 0.202. The van der Waals surface area contributed by atoms with Gasteiger partial charge in [-0.3, -0.25) is 15.5 Å². The summed E-state index contributed by atoms with van der Waals surface area (Å²) >= 11 is 3.40. The number of nitrogens with one attached hydrogen (secondary N) is 1. The van der Waals surface area contributed by atoms with Gasteiger partial charge in [-0.1, -0.05) is 5.92 Å². The van der Waals surface area contributed by atoms with E-state index in [1.807, 2.05) is 12.1 Å². The molecule has 116 valence electrons. The summed E-state index contributed by atoms with van der Waals surface area (Å²) in [7, 11) is 0. The third kappa shape index (κ3) is 4.83. The van der Waals surface area contributed by atoms with Gasteiger partial charge in [0.25, 0.3) is 5.69 Å². The monoisotopic (exact) mass is 373 g/mol. The molecule has 1 N–H and O–H groups in total. The summed E-state index contributed by atoms with van der Waals surface area (Å²) < 4.78 is 6.12. The van der Waals surface area contributed by atoms with E-state index in [0.717, 1.165) is 10.0 Å². The Hall–Kier alpha value is -2.85. The molecular weight excluding hydrogens is 362 g/mol. The van der Waals surface area contributed by atoms with Crippen molar-refractivity contribution in [3.05, 3.63) is 62.6 Å². The summed E-state index contributed by atoms with van der Waals surface area (Å²) in [5, 5.41) is 14.6. The van der Waals surface area contributed by atoms with Crippen LogP contribution in [0.4, 0.5) is 11.4 Å². The van der Waals surface area contributed by atoms with Crippen molar-refractivity contribution in [2.45, 2.75) is 0 Å². The van der Waals surface area contributed by atoms with Crippen molar-refractivity contribution in [1.82, 2.24) is 0 Å². The number of terminal acetylenes is 1. The van der Waals surface area contributed by atoms with Gasteiger partial charge in [0.05, 0.1) is 21.3 Å². The molecule has 0 radical (unpaired) electrons. The third-order valence-corrected chi connectivity index (χ3v) is 3.37. The third-order valence-electron chi connectivity index (χ3n) is 2.75. The van der Waals surface area contributed by atoms with Gasteiger partial charge < -0.3 is 4.74 Å². The first-order valence-corrected chi connectivity index (χ1v) is 7.29. The van der Waals surface area contributed by atoms with Crippen molar-refractivity contribution in [1.29, 1.82) is 0 Å². The number of hydrogen-bond acceptors (Lipinski definition) is 5. The van der Waals surface area contributed by atoms with Crippen LogP contribution in [0.2, 0.25) is 0 Å². The van der Waals surface area contributed by atoms with E-state index < -0.39 is 4.92 Å². The van der Waals surface area contributed by atoms with E-state index in [1.54, 1.807) is 24.4 Å². The van der Waals surface area contributed by atoms with Crippen LogP contribution in [0.1, 0.15) is 5.56 Å². The Bertz CT molecular complexity index is 767. The number of rotatable bonds is 6. The maximum absolute atomic E-state index is 10.6. The Morgan fingerprint density at radius 3 is 2.70 bits per heavy atom. The SMILES string of the molecule is C#CCOc1ccc(/C=N/Nc2ccc([N+](=O)[O-])cc2)cc1Br. The molecule has 0 saturated carbocycles. The maximum Gasteiger partial charge on any atom is 0.269 e. The minimum Gasteiger partial charge on any atom is -0.480 e. The second-order valence-corrected chi connectivity index (χ2v) is 5.21. The van der Waals surface area contributed by atoms with Crippen LogP contribution >= 0.6 is 15.9 Å². The van der Waals surface area contributed by atoms with E-state index in [1.165, 1.54) is 12.1 Å². The molecule has 6 nitrogen and oxygen atoms in total. The van der Waals surface area contributed by atoms with Crippen molar-refractivity contribution in [3.63, 3.8) is 0 Å². The number of hydrazone groups is 1. The first kappa shape index (κ1) is 16.5. The highest BCUT2D eigenvalue weighted by Crippen LogP contribution is 2.25. The number of ether oxygens (including phenoxy) is 1. The average Bonchev–Trinajstić information content (AvgIpc) is 2.54. The minimum atomic E-state index is -0.450. The first-order valence-electron chi connectivity index (χ1n) is 6.49. The number of halogens is 1. The lowest BCUT2D eigenvalue weighted by molar-refractivity contribution is -0.384. The molecule has 0 bridgehead atoms. The zero-order valence-corrected chi connectivity index (χ0v) is 13.5. The van der Waals surface area contributed by atoms with E-state index >= 15 is 0 Å². The molecule has 0 aliphatic carbocycles. The molecule has 0 heterocycles. The molecule has 0 amide bonds. The molecule has 2 aromatic carbocycles. The molecule has 2 rings (SSSR count). The largest absolute Gasteiger partial charge is 0.480 e. The van der Waals surface area contributed by atoms with Gasteiger partial charge in [-0.2, -0.15) is 5.10 Å². The second kappa shape index (κ2) is 7.96. The van der Waals surface area contributed by atoms with Gasteiger partial charge in [0.2, 0.25) is 0 Å². The van der Waals surface area contributed by atoms with Gasteiger partial charge in [0.1, 0.15) is 12.4 Å². The van der Waals surface area contributed by atoms with Crippen molar-refractivity contribution in [3.8, 4) is 18.1 Å². The van der Waals surface area contributed by atoms with E-state index in [9.17, 15) is 10.1 Å². The van der Waals surface area contributed by atoms with Crippen LogP contribution in [0.15, 0.2) is 52.0 Å². The summed E-state index contributed by atoms with van der Waals surface area (Å²) in [6, 6.07) is 11.4. The molecule has 0 spiro atoms. The number of nitrogens with zero attached hydrogens (tertiary/aromatic N) is 2. The van der Waals surface area contributed by atoms with E-state index in [0.29, 0.717) is 11.4 Å². The van der Waals surface area contributed by atoms with Gasteiger partial charge in [0, 0.05) is 12.1 Å². The van der Waals surface area contributed by atoms with Crippen LogP contribution in [0, 0.1) is 22.5 Å². The molecule has 0 saturated heterocycles. The predicted molar refractivity (Wildman–Crippen MR) is 92.8 cm³/mol. The van der Waals surface area contributed by atoms with Gasteiger partial charge in [-0.15, -0.1) is 6.42 Å². The van der Waals surface area contributed by atoms with Crippen LogP contribution in [0.25, 0.3) is 0 Å². The Morgan fingerprint density at radius 2 is 2.09 bits per heavy atom. The average molecular weight is 374 g/mol. The van der Waals surface area contributed by atoms with Crippen molar-refractivity contribution in [2.24, 2.45) is 5.10 Å². The van der Waals surface area contributed by atoms with Gasteiger partial charge in [-0.05, 0) is 51.8 Å². The smallest absolute Gasteiger partial charge is 0.269 e. The molecule has 0 aliphatic rings. The van der Waals surface area contributed by atoms with E-state index in [4.69, 9.17) is 11.2 Å². The van der Waals surface area contributed by atoms with Gasteiger partial charge in [0.15, 0.2) is 0 Å². The van der Waals surface area contributed by atoms with Crippen molar-refractivity contribution in [2.75, 3.05) is 12.0 Å². The van der Waals surface area contributed by atoms with Crippen LogP contribution in [0.3, 0.4) is 0 Å². The molecule has 0 atom stereocenters. The predicted octanol–water partition coefficient (Wildman–Crippen LogP) is 3.82. The lowest BCUT2D eigenvalue weighted by Gasteiger charge is -2.05. The molecule has 0 aliphatic heterocycles. The maximum atomic E-state index is 10.6. The van der Waals surface area contributed by atoms with Crippen molar-refractivity contribution < 1.29 is 9.66 Å². The number of non-ortho nitro benzene ring substituents is 1. The summed E-state index contributed by atoms with van der Waals surface area (Å²) in [6.07, 6.45) is 6.77. The molecule has 0 fully saturated rings. The quantitative estimate of drug-likeness (QED) is 0.361. The molecule has 2 aromatic rings. The Balaban J connectivity index is 1.99. The van der Waals surface area contributed by atoms with E-state index in [-0.39, 0.29) is 12.3 Å². The lowest BCUT2D eigenvalue weighted by Crippen LogP contribution is -1.95. The standard InChI is InChI=1S/C16H12BrN3O3/c1-2-9-23-16-8-3-12(10-15(16)17)11-18-19-13-4-6-14(7-5-13)20(21)22/h1,3-8,10-11,19H,9H2/b18-11+. The van der Waals surface area contributed by atoms with Crippen molar-refractivity contribution >= 4 is 33.5 Å². The van der Waals surface area contributed by atoms with Crippen LogP contribution in [0.5, 0.6) is 5.75 Å². The second-order valence-electron chi connectivity index (χ2n) is 4.36. The first-order chi connectivity index (χ1) is 11.1. The fraction of sp³-hybridized carbons (Fsp3) is 0.0625. The van der Waals surface area contributed by atoms with Crippen LogP contribution in [-0.2, 0) is 0 Å². The normalized spacial score (nSPS) is 10.3. The molecule has 7 heteroatoms. The minimum absolute atomic E-state index is 0.0334. The number of hydrogen-bond donors (Lipinski definition) is 1. The fourth-order valence-electron chi connectivity index (χ4n) is 1.67. The molecule has 23 heavy (non-hydrogen) atoms.